The van der Waals surface area contributed by atoms with E-state index in [1.807, 2.05) is 7.05 Å². The third kappa shape index (κ3) is 9.00. The van der Waals surface area contributed by atoms with Gasteiger partial charge in [0.15, 0.2) is 5.96 Å². The number of ether oxygens (including phenoxy) is 1. The standard InChI is InChI=1S/C15H31N3O.HI/c1-4-6-10-19-11-7-9-17-15(16-3)18-14-12-13(14)8-5-2;/h13-14H,4-12H2,1-3H3,(H2,16,17,18);1H. The molecule has 1 fully saturated rings. The first kappa shape index (κ1) is 20.0. The second-order valence-corrected chi connectivity index (χ2v) is 5.35. The van der Waals surface area contributed by atoms with E-state index < -0.39 is 0 Å². The van der Waals surface area contributed by atoms with E-state index in [2.05, 4.69) is 29.5 Å². The van der Waals surface area contributed by atoms with Crippen LogP contribution in [0.4, 0.5) is 0 Å². The lowest BCUT2D eigenvalue weighted by molar-refractivity contribution is 0.129. The van der Waals surface area contributed by atoms with Gasteiger partial charge < -0.3 is 15.4 Å². The van der Waals surface area contributed by atoms with E-state index in [1.54, 1.807) is 0 Å². The van der Waals surface area contributed by atoms with Crippen molar-refractivity contribution in [2.45, 2.75) is 58.4 Å². The molecule has 0 aliphatic heterocycles. The molecule has 1 saturated carbocycles. The summed E-state index contributed by atoms with van der Waals surface area (Å²) < 4.78 is 5.53. The van der Waals surface area contributed by atoms with E-state index in [4.69, 9.17) is 4.74 Å². The van der Waals surface area contributed by atoms with Crippen molar-refractivity contribution in [2.24, 2.45) is 10.9 Å². The van der Waals surface area contributed by atoms with Gasteiger partial charge in [-0.1, -0.05) is 26.7 Å². The summed E-state index contributed by atoms with van der Waals surface area (Å²) in [5.74, 6) is 1.80. The summed E-state index contributed by atoms with van der Waals surface area (Å²) in [6, 6.07) is 0.645. The highest BCUT2D eigenvalue weighted by Crippen LogP contribution is 2.34. The summed E-state index contributed by atoms with van der Waals surface area (Å²) in [6.45, 7) is 7.10. The molecule has 0 saturated heterocycles. The van der Waals surface area contributed by atoms with E-state index in [9.17, 15) is 0 Å². The highest BCUT2D eigenvalue weighted by atomic mass is 127. The Balaban J connectivity index is 0.00000361. The summed E-state index contributed by atoms with van der Waals surface area (Å²) >= 11 is 0. The minimum Gasteiger partial charge on any atom is -0.381 e. The first-order chi connectivity index (χ1) is 9.31. The third-order valence-electron chi connectivity index (χ3n) is 3.53. The molecule has 0 aromatic rings. The Morgan fingerprint density at radius 3 is 2.60 bits per heavy atom. The van der Waals surface area contributed by atoms with Crippen molar-refractivity contribution in [1.29, 1.82) is 0 Å². The number of aliphatic imine (C=N–C) groups is 1. The zero-order chi connectivity index (χ0) is 13.9. The molecule has 0 amide bonds. The summed E-state index contributed by atoms with van der Waals surface area (Å²) in [5, 5.41) is 6.84. The van der Waals surface area contributed by atoms with Crippen molar-refractivity contribution in [3.63, 3.8) is 0 Å². The molecule has 120 valence electrons. The molecule has 0 bridgehead atoms. The van der Waals surface area contributed by atoms with Crippen LogP contribution in [-0.4, -0.2) is 38.8 Å². The van der Waals surface area contributed by atoms with E-state index in [0.29, 0.717) is 6.04 Å². The Kier molecular flexibility index (Phi) is 12.7. The number of nitrogens with zero attached hydrogens (tertiary/aromatic N) is 1. The summed E-state index contributed by atoms with van der Waals surface area (Å²) in [6.07, 6.45) is 7.32. The zero-order valence-corrected chi connectivity index (χ0v) is 15.6. The molecule has 20 heavy (non-hydrogen) atoms. The van der Waals surface area contributed by atoms with Crippen LogP contribution in [0.5, 0.6) is 0 Å². The van der Waals surface area contributed by atoms with Crippen LogP contribution in [0.2, 0.25) is 0 Å². The normalized spacial score (nSPS) is 21.2. The molecule has 5 heteroatoms. The van der Waals surface area contributed by atoms with Crippen LogP contribution in [0.1, 0.15) is 52.4 Å². The van der Waals surface area contributed by atoms with Gasteiger partial charge in [-0.2, -0.15) is 0 Å². The molecular formula is C15H32IN3O. The molecule has 1 aliphatic carbocycles. The summed E-state index contributed by atoms with van der Waals surface area (Å²) in [5.41, 5.74) is 0. The van der Waals surface area contributed by atoms with Crippen LogP contribution in [0, 0.1) is 5.92 Å². The monoisotopic (exact) mass is 397 g/mol. The molecule has 1 rings (SSSR count). The van der Waals surface area contributed by atoms with E-state index in [0.717, 1.165) is 44.5 Å². The summed E-state index contributed by atoms with van der Waals surface area (Å²) in [7, 11) is 1.84. The van der Waals surface area contributed by atoms with Gasteiger partial charge in [-0.3, -0.25) is 4.99 Å². The van der Waals surface area contributed by atoms with Gasteiger partial charge in [0.25, 0.3) is 0 Å². The Bertz CT molecular complexity index is 262. The number of hydrogen-bond donors (Lipinski definition) is 2. The van der Waals surface area contributed by atoms with Crippen LogP contribution < -0.4 is 10.6 Å². The van der Waals surface area contributed by atoms with Gasteiger partial charge in [0.05, 0.1) is 0 Å². The number of unbranched alkanes of at least 4 members (excludes halogenated alkanes) is 1. The lowest BCUT2D eigenvalue weighted by Gasteiger charge is -2.11. The second kappa shape index (κ2) is 12.7. The van der Waals surface area contributed by atoms with Gasteiger partial charge in [0, 0.05) is 32.8 Å². The lowest BCUT2D eigenvalue weighted by Crippen LogP contribution is -2.39. The maximum atomic E-state index is 5.53. The van der Waals surface area contributed by atoms with Gasteiger partial charge >= 0.3 is 0 Å². The third-order valence-corrected chi connectivity index (χ3v) is 3.53. The van der Waals surface area contributed by atoms with Crippen molar-refractivity contribution in [1.82, 2.24) is 10.6 Å². The van der Waals surface area contributed by atoms with Gasteiger partial charge in [0.1, 0.15) is 0 Å². The predicted molar refractivity (Wildman–Crippen MR) is 97.1 cm³/mol. The molecule has 0 aromatic heterocycles. The first-order valence-electron chi connectivity index (χ1n) is 7.86. The minimum atomic E-state index is 0. The number of guanidine groups is 1. The maximum Gasteiger partial charge on any atom is 0.191 e. The molecule has 1 aliphatic rings. The maximum absolute atomic E-state index is 5.53. The smallest absolute Gasteiger partial charge is 0.191 e. The molecular weight excluding hydrogens is 365 g/mol. The highest BCUT2D eigenvalue weighted by molar-refractivity contribution is 14.0. The van der Waals surface area contributed by atoms with Gasteiger partial charge in [-0.15, -0.1) is 24.0 Å². The lowest BCUT2D eigenvalue weighted by atomic mass is 10.2. The number of rotatable bonds is 10. The van der Waals surface area contributed by atoms with Crippen LogP contribution in [0.15, 0.2) is 4.99 Å². The van der Waals surface area contributed by atoms with Crippen molar-refractivity contribution < 1.29 is 4.74 Å². The van der Waals surface area contributed by atoms with E-state index in [-0.39, 0.29) is 24.0 Å². The largest absolute Gasteiger partial charge is 0.381 e. The Morgan fingerprint density at radius 2 is 1.95 bits per heavy atom. The van der Waals surface area contributed by atoms with Gasteiger partial charge in [-0.05, 0) is 31.6 Å². The molecule has 2 atom stereocenters. The fraction of sp³-hybridized carbons (Fsp3) is 0.933. The zero-order valence-electron chi connectivity index (χ0n) is 13.3. The van der Waals surface area contributed by atoms with Crippen molar-refractivity contribution in [3.8, 4) is 0 Å². The predicted octanol–water partition coefficient (Wildman–Crippen LogP) is 3.16. The molecule has 0 spiro atoms. The number of nitrogens with one attached hydrogen (secondary N) is 2. The van der Waals surface area contributed by atoms with Crippen molar-refractivity contribution in [3.05, 3.63) is 0 Å². The fourth-order valence-corrected chi connectivity index (χ4v) is 2.21. The average molecular weight is 397 g/mol. The van der Waals surface area contributed by atoms with Gasteiger partial charge in [0.2, 0.25) is 0 Å². The molecule has 2 N–H and O–H groups in total. The summed E-state index contributed by atoms with van der Waals surface area (Å²) in [4.78, 5) is 4.26. The Labute approximate surface area is 141 Å². The minimum absolute atomic E-state index is 0. The number of halogens is 1. The molecule has 0 radical (unpaired) electrons. The topological polar surface area (TPSA) is 45.6 Å². The SMILES string of the molecule is CCCCOCCCNC(=NC)NC1CC1CCC.I. The van der Waals surface area contributed by atoms with Crippen LogP contribution in [0.25, 0.3) is 0 Å². The van der Waals surface area contributed by atoms with E-state index in [1.165, 1.54) is 25.7 Å². The first-order valence-corrected chi connectivity index (χ1v) is 7.86. The highest BCUT2D eigenvalue weighted by Gasteiger charge is 2.36. The van der Waals surface area contributed by atoms with Crippen LogP contribution >= 0.6 is 24.0 Å². The van der Waals surface area contributed by atoms with Crippen molar-refractivity contribution >= 4 is 29.9 Å². The van der Waals surface area contributed by atoms with Crippen molar-refractivity contribution in [2.75, 3.05) is 26.8 Å². The Morgan fingerprint density at radius 1 is 1.20 bits per heavy atom. The van der Waals surface area contributed by atoms with Crippen LogP contribution in [0.3, 0.4) is 0 Å². The fourth-order valence-electron chi connectivity index (χ4n) is 2.21. The molecule has 0 aromatic carbocycles. The quantitative estimate of drug-likeness (QED) is 0.258. The Hall–Kier alpha value is -0.0400. The molecule has 2 unspecified atom stereocenters. The average Bonchev–Trinajstić information content (AvgIpc) is 3.14. The van der Waals surface area contributed by atoms with Gasteiger partial charge in [-0.25, -0.2) is 0 Å². The van der Waals surface area contributed by atoms with Crippen LogP contribution in [-0.2, 0) is 4.74 Å². The second-order valence-electron chi connectivity index (χ2n) is 5.35. The molecule has 4 nitrogen and oxygen atoms in total. The van der Waals surface area contributed by atoms with E-state index >= 15 is 0 Å². The number of hydrogen-bond acceptors (Lipinski definition) is 2. The molecule has 0 heterocycles.